The highest BCUT2D eigenvalue weighted by atomic mass is 35.5. The lowest BCUT2D eigenvalue weighted by Crippen LogP contribution is -2.44. The van der Waals surface area contributed by atoms with Crippen LogP contribution in [-0.4, -0.2) is 32.7 Å². The molecule has 0 bridgehead atoms. The van der Waals surface area contributed by atoms with Crippen LogP contribution in [0.1, 0.15) is 12.8 Å². The van der Waals surface area contributed by atoms with Gasteiger partial charge in [-0.3, -0.25) is 4.79 Å². The van der Waals surface area contributed by atoms with E-state index in [1.807, 2.05) is 0 Å². The minimum absolute atomic E-state index is 0. The third kappa shape index (κ3) is 5.14. The molecule has 0 radical (unpaired) electrons. The van der Waals surface area contributed by atoms with Crippen LogP contribution < -0.4 is 11.1 Å². The van der Waals surface area contributed by atoms with Gasteiger partial charge >= 0.3 is 0 Å². The van der Waals surface area contributed by atoms with E-state index in [2.05, 4.69) is 5.32 Å². The van der Waals surface area contributed by atoms with Gasteiger partial charge in [-0.1, -0.05) is 11.6 Å². The first kappa shape index (κ1) is 18.2. The number of carbonyl (C=O) groups excluding carboxylic acids is 1. The molecule has 1 saturated carbocycles. The summed E-state index contributed by atoms with van der Waals surface area (Å²) in [6.07, 6.45) is 2.07. The van der Waals surface area contributed by atoms with Gasteiger partial charge in [-0.15, -0.1) is 12.4 Å². The molecule has 0 aliphatic heterocycles. The first-order chi connectivity index (χ1) is 9.42. The first-order valence-corrected chi connectivity index (χ1v) is 8.43. The van der Waals surface area contributed by atoms with Crippen molar-refractivity contribution < 1.29 is 13.2 Å². The highest BCUT2D eigenvalue weighted by Crippen LogP contribution is 2.32. The molecule has 5 nitrogen and oxygen atoms in total. The molecule has 8 heteroatoms. The van der Waals surface area contributed by atoms with E-state index in [1.165, 1.54) is 24.3 Å². The maximum absolute atomic E-state index is 12.1. The Bertz CT molecular complexity index is 586. The fourth-order valence-corrected chi connectivity index (χ4v) is 3.29. The average molecular weight is 353 g/mol. The van der Waals surface area contributed by atoms with Gasteiger partial charge in [-0.05, 0) is 43.0 Å². The topological polar surface area (TPSA) is 89.3 Å². The van der Waals surface area contributed by atoms with Crippen LogP contribution in [0.2, 0.25) is 5.02 Å². The van der Waals surface area contributed by atoms with Crippen LogP contribution in [-0.2, 0) is 14.6 Å². The normalized spacial score (nSPS) is 15.9. The lowest BCUT2D eigenvalue weighted by molar-refractivity contribution is -0.119. The average Bonchev–Trinajstić information content (AvgIpc) is 3.20. The third-order valence-electron chi connectivity index (χ3n) is 3.29. The molecule has 0 heterocycles. The molecular weight excluding hydrogens is 335 g/mol. The van der Waals surface area contributed by atoms with Crippen LogP contribution in [0, 0.1) is 5.92 Å². The van der Waals surface area contributed by atoms with E-state index in [-0.39, 0.29) is 23.3 Å². The monoisotopic (exact) mass is 352 g/mol. The first-order valence-electron chi connectivity index (χ1n) is 6.40. The number of nitrogens with one attached hydrogen (secondary N) is 1. The standard InChI is InChI=1S/C13H17ClN2O3S.ClH/c14-10-3-5-11(6-4-10)20(18,19)8-13(17)16-12(7-15)9-1-2-9;/h3-6,9,12H,1-2,7-8,15H2,(H,16,17);1H. The van der Waals surface area contributed by atoms with Gasteiger partial charge in [0.15, 0.2) is 9.84 Å². The predicted octanol–water partition coefficient (Wildman–Crippen LogP) is 1.39. The van der Waals surface area contributed by atoms with Crippen molar-refractivity contribution in [3.63, 3.8) is 0 Å². The van der Waals surface area contributed by atoms with Gasteiger partial charge in [-0.25, -0.2) is 8.42 Å². The fraction of sp³-hybridized carbons (Fsp3) is 0.462. The summed E-state index contributed by atoms with van der Waals surface area (Å²) in [4.78, 5) is 11.9. The highest BCUT2D eigenvalue weighted by Gasteiger charge is 2.32. The molecule has 1 atom stereocenters. The van der Waals surface area contributed by atoms with Gasteiger partial charge in [-0.2, -0.15) is 0 Å². The number of halogens is 2. The minimum atomic E-state index is -3.65. The Labute approximate surface area is 135 Å². The number of amides is 1. The lowest BCUT2D eigenvalue weighted by Gasteiger charge is -2.16. The van der Waals surface area contributed by atoms with Crippen LogP contribution in [0.25, 0.3) is 0 Å². The van der Waals surface area contributed by atoms with E-state index in [4.69, 9.17) is 17.3 Å². The van der Waals surface area contributed by atoms with Crippen molar-refractivity contribution in [3.05, 3.63) is 29.3 Å². The molecule has 118 valence electrons. The zero-order chi connectivity index (χ0) is 14.8. The van der Waals surface area contributed by atoms with Gasteiger partial charge < -0.3 is 11.1 Å². The maximum atomic E-state index is 12.1. The summed E-state index contributed by atoms with van der Waals surface area (Å²) in [5, 5.41) is 3.15. The molecule has 1 aliphatic rings. The van der Waals surface area contributed by atoms with E-state index in [9.17, 15) is 13.2 Å². The van der Waals surface area contributed by atoms with Crippen molar-refractivity contribution >= 4 is 39.8 Å². The van der Waals surface area contributed by atoms with Gasteiger partial charge in [0.25, 0.3) is 0 Å². The van der Waals surface area contributed by atoms with Gasteiger partial charge in [0, 0.05) is 17.6 Å². The number of nitrogens with two attached hydrogens (primary N) is 1. The van der Waals surface area contributed by atoms with Gasteiger partial charge in [0.05, 0.1) is 4.90 Å². The van der Waals surface area contributed by atoms with Gasteiger partial charge in [0.1, 0.15) is 5.75 Å². The molecule has 1 unspecified atom stereocenters. The van der Waals surface area contributed by atoms with Crippen molar-refractivity contribution in [1.82, 2.24) is 5.32 Å². The Morgan fingerprint density at radius 2 is 1.90 bits per heavy atom. The molecule has 0 saturated heterocycles. The van der Waals surface area contributed by atoms with E-state index < -0.39 is 21.5 Å². The van der Waals surface area contributed by atoms with Gasteiger partial charge in [0.2, 0.25) is 5.91 Å². The highest BCUT2D eigenvalue weighted by molar-refractivity contribution is 7.92. The third-order valence-corrected chi connectivity index (χ3v) is 5.17. The Kier molecular flexibility index (Phi) is 6.46. The summed E-state index contributed by atoms with van der Waals surface area (Å²) in [5.74, 6) is -0.692. The second kappa shape index (κ2) is 7.45. The summed E-state index contributed by atoms with van der Waals surface area (Å²) < 4.78 is 24.1. The van der Waals surface area contributed by atoms with Crippen molar-refractivity contribution in [2.24, 2.45) is 11.7 Å². The van der Waals surface area contributed by atoms with Crippen molar-refractivity contribution in [3.8, 4) is 0 Å². The Hall–Kier alpha value is -0.820. The Balaban J connectivity index is 0.00000220. The molecule has 21 heavy (non-hydrogen) atoms. The minimum Gasteiger partial charge on any atom is -0.351 e. The fourth-order valence-electron chi connectivity index (χ4n) is 2.01. The largest absolute Gasteiger partial charge is 0.351 e. The molecule has 1 amide bonds. The van der Waals surface area contributed by atoms with Crippen LogP contribution in [0.15, 0.2) is 29.2 Å². The molecule has 1 fully saturated rings. The molecule has 1 aromatic rings. The van der Waals surface area contributed by atoms with Crippen molar-refractivity contribution in [2.45, 2.75) is 23.8 Å². The molecular formula is C13H18Cl2N2O3S. The maximum Gasteiger partial charge on any atom is 0.235 e. The van der Waals surface area contributed by atoms with E-state index in [0.29, 0.717) is 17.5 Å². The van der Waals surface area contributed by atoms with Crippen molar-refractivity contribution in [1.29, 1.82) is 0 Å². The molecule has 0 aromatic heterocycles. The molecule has 0 spiro atoms. The molecule has 3 N–H and O–H groups in total. The van der Waals surface area contributed by atoms with Crippen LogP contribution in [0.5, 0.6) is 0 Å². The predicted molar refractivity (Wildman–Crippen MR) is 84.5 cm³/mol. The number of rotatable bonds is 6. The van der Waals surface area contributed by atoms with Crippen LogP contribution in [0.3, 0.4) is 0 Å². The zero-order valence-electron chi connectivity index (χ0n) is 11.3. The van der Waals surface area contributed by atoms with Crippen molar-refractivity contribution in [2.75, 3.05) is 12.3 Å². The summed E-state index contributed by atoms with van der Waals surface area (Å²) in [6, 6.07) is 5.64. The summed E-state index contributed by atoms with van der Waals surface area (Å²) in [7, 11) is -3.65. The SMILES string of the molecule is Cl.NCC(NC(=O)CS(=O)(=O)c1ccc(Cl)cc1)C1CC1. The Morgan fingerprint density at radius 3 is 2.38 bits per heavy atom. The second-order valence-electron chi connectivity index (χ2n) is 4.96. The molecule has 2 rings (SSSR count). The summed E-state index contributed by atoms with van der Waals surface area (Å²) in [5.41, 5.74) is 5.57. The van der Waals surface area contributed by atoms with E-state index in [1.54, 1.807) is 0 Å². The quantitative estimate of drug-likeness (QED) is 0.809. The number of benzene rings is 1. The zero-order valence-corrected chi connectivity index (χ0v) is 13.7. The molecule has 1 aromatic carbocycles. The summed E-state index contributed by atoms with van der Waals surface area (Å²) >= 11 is 5.71. The van der Waals surface area contributed by atoms with E-state index >= 15 is 0 Å². The number of hydrogen-bond donors (Lipinski definition) is 2. The second-order valence-corrected chi connectivity index (χ2v) is 7.39. The smallest absolute Gasteiger partial charge is 0.235 e. The number of sulfone groups is 1. The number of hydrogen-bond acceptors (Lipinski definition) is 4. The van der Waals surface area contributed by atoms with Crippen LogP contribution >= 0.6 is 24.0 Å². The number of carbonyl (C=O) groups is 1. The van der Waals surface area contributed by atoms with Crippen LogP contribution in [0.4, 0.5) is 0 Å². The lowest BCUT2D eigenvalue weighted by atomic mass is 10.2. The summed E-state index contributed by atoms with van der Waals surface area (Å²) in [6.45, 7) is 0.331. The van der Waals surface area contributed by atoms with E-state index in [0.717, 1.165) is 12.8 Å². The molecule has 1 aliphatic carbocycles. The Morgan fingerprint density at radius 1 is 1.33 bits per heavy atom.